The third kappa shape index (κ3) is 3.67. The van der Waals surface area contributed by atoms with Crippen molar-refractivity contribution in [3.8, 4) is 5.75 Å². The quantitative estimate of drug-likeness (QED) is 0.762. The second-order valence-corrected chi connectivity index (χ2v) is 5.59. The number of hydrogen-bond acceptors (Lipinski definition) is 2. The molecule has 2 rings (SSSR count). The highest BCUT2D eigenvalue weighted by molar-refractivity contribution is 9.10. The Kier molecular flexibility index (Phi) is 4.55. The van der Waals surface area contributed by atoms with Crippen LogP contribution in [0.4, 0.5) is 4.39 Å². The normalized spacial score (nSPS) is 10.7. The standard InChI is InChI=1S/C16H14BrFO2/c1-10(2)20-15-5-3-11(4-6-15)16(19)12-7-13(17)9-14(18)8-12/h3-10H,1-2H3. The molecule has 0 aromatic heterocycles. The average Bonchev–Trinajstić information content (AvgIpc) is 2.37. The summed E-state index contributed by atoms with van der Waals surface area (Å²) in [4.78, 5) is 12.3. The van der Waals surface area contributed by atoms with Crippen LogP contribution in [-0.2, 0) is 0 Å². The largest absolute Gasteiger partial charge is 0.491 e. The van der Waals surface area contributed by atoms with E-state index in [0.717, 1.165) is 0 Å². The minimum atomic E-state index is -0.442. The number of benzene rings is 2. The van der Waals surface area contributed by atoms with Crippen LogP contribution in [0.15, 0.2) is 46.9 Å². The molecule has 20 heavy (non-hydrogen) atoms. The number of halogens is 2. The van der Waals surface area contributed by atoms with Gasteiger partial charge in [-0.15, -0.1) is 0 Å². The van der Waals surface area contributed by atoms with Gasteiger partial charge in [-0.1, -0.05) is 15.9 Å². The summed E-state index contributed by atoms with van der Waals surface area (Å²) in [6, 6.07) is 11.0. The lowest BCUT2D eigenvalue weighted by atomic mass is 10.0. The third-order valence-electron chi connectivity index (χ3n) is 2.61. The first kappa shape index (κ1) is 14.7. The van der Waals surface area contributed by atoms with E-state index < -0.39 is 5.82 Å². The highest BCUT2D eigenvalue weighted by Gasteiger charge is 2.11. The maximum Gasteiger partial charge on any atom is 0.193 e. The van der Waals surface area contributed by atoms with Gasteiger partial charge in [-0.05, 0) is 56.3 Å². The van der Waals surface area contributed by atoms with Gasteiger partial charge in [0.25, 0.3) is 0 Å². The molecule has 0 aliphatic heterocycles. The first-order valence-corrected chi connectivity index (χ1v) is 7.02. The van der Waals surface area contributed by atoms with Gasteiger partial charge >= 0.3 is 0 Å². The Bertz CT molecular complexity index is 601. The Balaban J connectivity index is 2.24. The summed E-state index contributed by atoms with van der Waals surface area (Å²) in [5, 5.41) is 0. The van der Waals surface area contributed by atoms with Gasteiger partial charge in [-0.25, -0.2) is 4.39 Å². The van der Waals surface area contributed by atoms with Gasteiger partial charge in [0.2, 0.25) is 0 Å². The maximum atomic E-state index is 13.3. The molecular formula is C16H14BrFO2. The van der Waals surface area contributed by atoms with Crippen molar-refractivity contribution in [2.45, 2.75) is 20.0 Å². The molecule has 4 heteroatoms. The molecule has 104 valence electrons. The van der Waals surface area contributed by atoms with E-state index in [1.807, 2.05) is 13.8 Å². The Morgan fingerprint density at radius 3 is 2.30 bits per heavy atom. The van der Waals surface area contributed by atoms with Crippen molar-refractivity contribution in [2.75, 3.05) is 0 Å². The molecule has 0 unspecified atom stereocenters. The molecule has 0 atom stereocenters. The lowest BCUT2D eigenvalue weighted by Gasteiger charge is -2.10. The van der Waals surface area contributed by atoms with Crippen molar-refractivity contribution < 1.29 is 13.9 Å². The summed E-state index contributed by atoms with van der Waals surface area (Å²) >= 11 is 3.18. The summed E-state index contributed by atoms with van der Waals surface area (Å²) in [7, 11) is 0. The van der Waals surface area contributed by atoms with Gasteiger partial charge in [0.1, 0.15) is 11.6 Å². The van der Waals surface area contributed by atoms with E-state index in [1.54, 1.807) is 30.3 Å². The maximum absolute atomic E-state index is 13.3. The molecule has 2 nitrogen and oxygen atoms in total. The molecule has 0 bridgehead atoms. The zero-order valence-corrected chi connectivity index (χ0v) is 12.8. The Morgan fingerprint density at radius 1 is 1.10 bits per heavy atom. The summed E-state index contributed by atoms with van der Waals surface area (Å²) in [6.07, 6.45) is 0.0794. The average molecular weight is 337 g/mol. The van der Waals surface area contributed by atoms with E-state index in [1.165, 1.54) is 12.1 Å². The molecule has 0 fully saturated rings. The molecule has 0 aliphatic carbocycles. The first-order valence-electron chi connectivity index (χ1n) is 6.23. The van der Waals surface area contributed by atoms with Gasteiger partial charge in [0.05, 0.1) is 6.10 Å². The molecule has 2 aromatic carbocycles. The minimum absolute atomic E-state index is 0.0794. The summed E-state index contributed by atoms with van der Waals surface area (Å²) in [6.45, 7) is 3.87. The van der Waals surface area contributed by atoms with Crippen LogP contribution in [0.5, 0.6) is 5.75 Å². The van der Waals surface area contributed by atoms with Gasteiger partial charge in [-0.3, -0.25) is 4.79 Å². The Labute approximate surface area is 125 Å². The molecule has 0 saturated carbocycles. The van der Waals surface area contributed by atoms with Crippen molar-refractivity contribution in [1.82, 2.24) is 0 Å². The fourth-order valence-corrected chi connectivity index (χ4v) is 2.27. The van der Waals surface area contributed by atoms with E-state index >= 15 is 0 Å². The van der Waals surface area contributed by atoms with Gasteiger partial charge in [-0.2, -0.15) is 0 Å². The fourth-order valence-electron chi connectivity index (χ4n) is 1.81. The van der Waals surface area contributed by atoms with Crippen LogP contribution in [0.2, 0.25) is 0 Å². The van der Waals surface area contributed by atoms with E-state index in [4.69, 9.17) is 4.74 Å². The molecule has 2 aromatic rings. The number of ether oxygens (including phenoxy) is 1. The summed E-state index contributed by atoms with van der Waals surface area (Å²) < 4.78 is 19.4. The van der Waals surface area contributed by atoms with Crippen LogP contribution in [0.25, 0.3) is 0 Å². The van der Waals surface area contributed by atoms with E-state index in [-0.39, 0.29) is 11.9 Å². The second-order valence-electron chi connectivity index (χ2n) is 4.68. The lowest BCUT2D eigenvalue weighted by Crippen LogP contribution is -2.06. The number of hydrogen-bond donors (Lipinski definition) is 0. The molecule has 0 heterocycles. The Hall–Kier alpha value is -1.68. The number of ketones is 1. The number of carbonyl (C=O) groups is 1. The SMILES string of the molecule is CC(C)Oc1ccc(C(=O)c2cc(F)cc(Br)c2)cc1. The number of rotatable bonds is 4. The van der Waals surface area contributed by atoms with E-state index in [0.29, 0.717) is 21.3 Å². The van der Waals surface area contributed by atoms with Crippen LogP contribution in [0.1, 0.15) is 29.8 Å². The highest BCUT2D eigenvalue weighted by Crippen LogP contribution is 2.20. The monoisotopic (exact) mass is 336 g/mol. The minimum Gasteiger partial charge on any atom is -0.491 e. The zero-order valence-electron chi connectivity index (χ0n) is 11.2. The summed E-state index contributed by atoms with van der Waals surface area (Å²) in [5.74, 6) is 0.0424. The molecule has 0 saturated heterocycles. The predicted molar refractivity (Wildman–Crippen MR) is 79.7 cm³/mol. The molecular weight excluding hydrogens is 323 g/mol. The molecule has 0 amide bonds. The van der Waals surface area contributed by atoms with Gasteiger partial charge in [0.15, 0.2) is 5.78 Å². The van der Waals surface area contributed by atoms with Crippen LogP contribution in [-0.4, -0.2) is 11.9 Å². The smallest absolute Gasteiger partial charge is 0.193 e. The lowest BCUT2D eigenvalue weighted by molar-refractivity contribution is 0.103. The fraction of sp³-hybridized carbons (Fsp3) is 0.188. The second kappa shape index (κ2) is 6.18. The van der Waals surface area contributed by atoms with E-state index in [9.17, 15) is 9.18 Å². The van der Waals surface area contributed by atoms with E-state index in [2.05, 4.69) is 15.9 Å². The van der Waals surface area contributed by atoms with Crippen molar-refractivity contribution in [2.24, 2.45) is 0 Å². The highest BCUT2D eigenvalue weighted by atomic mass is 79.9. The van der Waals surface area contributed by atoms with Crippen molar-refractivity contribution >= 4 is 21.7 Å². The van der Waals surface area contributed by atoms with Crippen LogP contribution < -0.4 is 4.74 Å². The van der Waals surface area contributed by atoms with Crippen molar-refractivity contribution in [3.63, 3.8) is 0 Å². The molecule has 0 N–H and O–H groups in total. The third-order valence-corrected chi connectivity index (χ3v) is 3.07. The van der Waals surface area contributed by atoms with Crippen molar-refractivity contribution in [1.29, 1.82) is 0 Å². The number of carbonyl (C=O) groups excluding carboxylic acids is 1. The van der Waals surface area contributed by atoms with Gasteiger partial charge < -0.3 is 4.74 Å². The first-order chi connectivity index (χ1) is 9.45. The molecule has 0 aliphatic rings. The molecule has 0 spiro atoms. The van der Waals surface area contributed by atoms with Crippen LogP contribution in [0.3, 0.4) is 0 Å². The topological polar surface area (TPSA) is 26.3 Å². The predicted octanol–water partition coefficient (Wildman–Crippen LogP) is 4.61. The molecule has 0 radical (unpaired) electrons. The van der Waals surface area contributed by atoms with Crippen LogP contribution >= 0.6 is 15.9 Å². The van der Waals surface area contributed by atoms with Gasteiger partial charge in [0, 0.05) is 15.6 Å². The summed E-state index contributed by atoms with van der Waals surface area (Å²) in [5.41, 5.74) is 0.813. The van der Waals surface area contributed by atoms with Crippen LogP contribution in [0, 0.1) is 5.82 Å². The Morgan fingerprint density at radius 2 is 1.75 bits per heavy atom. The zero-order chi connectivity index (χ0) is 14.7. The van der Waals surface area contributed by atoms with Crippen molar-refractivity contribution in [3.05, 3.63) is 63.9 Å².